The van der Waals surface area contributed by atoms with Crippen LogP contribution in [0, 0.1) is 0 Å². The van der Waals surface area contributed by atoms with E-state index in [1.165, 1.54) is 0 Å². The number of phenols is 1. The van der Waals surface area contributed by atoms with E-state index in [1.54, 1.807) is 12.1 Å². The summed E-state index contributed by atoms with van der Waals surface area (Å²) >= 11 is 3.47. The van der Waals surface area contributed by atoms with Crippen molar-refractivity contribution in [2.45, 2.75) is 6.42 Å². The molecular formula is C15H11BrN2O2. The maximum atomic E-state index is 9.25. The fourth-order valence-corrected chi connectivity index (χ4v) is 2.33. The lowest BCUT2D eigenvalue weighted by Gasteiger charge is -1.97. The summed E-state index contributed by atoms with van der Waals surface area (Å²) in [7, 11) is 0. The molecule has 3 rings (SSSR count). The van der Waals surface area contributed by atoms with E-state index >= 15 is 0 Å². The molecule has 1 heterocycles. The maximum Gasteiger partial charge on any atom is 0.231 e. The fourth-order valence-electron chi connectivity index (χ4n) is 1.87. The first-order valence-electron chi connectivity index (χ1n) is 6.08. The largest absolute Gasteiger partial charge is 0.508 e. The van der Waals surface area contributed by atoms with Crippen LogP contribution in [0.4, 0.5) is 0 Å². The molecule has 0 radical (unpaired) electrons. The van der Waals surface area contributed by atoms with Crippen LogP contribution in [0.1, 0.15) is 11.5 Å². The third-order valence-corrected chi connectivity index (χ3v) is 3.57. The fraction of sp³-hybridized carbons (Fsp3) is 0.0667. The maximum absolute atomic E-state index is 9.25. The van der Waals surface area contributed by atoms with Crippen molar-refractivity contribution in [1.29, 1.82) is 0 Å². The Balaban J connectivity index is 1.84. The second-order valence-corrected chi connectivity index (χ2v) is 5.19. The summed E-state index contributed by atoms with van der Waals surface area (Å²) in [5.74, 6) is 1.35. The van der Waals surface area contributed by atoms with Crippen LogP contribution in [0.5, 0.6) is 5.75 Å². The Kier molecular flexibility index (Phi) is 3.52. The topological polar surface area (TPSA) is 59.2 Å². The van der Waals surface area contributed by atoms with Gasteiger partial charge in [-0.05, 0) is 29.8 Å². The van der Waals surface area contributed by atoms with Crippen LogP contribution < -0.4 is 0 Å². The molecule has 0 saturated carbocycles. The summed E-state index contributed by atoms with van der Waals surface area (Å²) in [6.07, 6.45) is 0.539. The molecule has 0 saturated heterocycles. The molecular weight excluding hydrogens is 320 g/mol. The number of aromatic hydroxyl groups is 1. The van der Waals surface area contributed by atoms with E-state index in [0.29, 0.717) is 18.1 Å². The molecule has 5 heteroatoms. The first-order valence-corrected chi connectivity index (χ1v) is 6.87. The highest BCUT2D eigenvalue weighted by molar-refractivity contribution is 9.10. The average Bonchev–Trinajstić information content (AvgIpc) is 2.90. The Morgan fingerprint density at radius 1 is 1.05 bits per heavy atom. The van der Waals surface area contributed by atoms with Crippen LogP contribution in [-0.2, 0) is 6.42 Å². The van der Waals surface area contributed by atoms with Crippen LogP contribution in [-0.4, -0.2) is 15.2 Å². The highest BCUT2D eigenvalue weighted by Crippen LogP contribution is 2.25. The molecule has 4 nitrogen and oxygen atoms in total. The summed E-state index contributed by atoms with van der Waals surface area (Å²) in [4.78, 5) is 4.39. The van der Waals surface area contributed by atoms with Crippen LogP contribution in [0.3, 0.4) is 0 Å². The van der Waals surface area contributed by atoms with Gasteiger partial charge in [-0.2, -0.15) is 4.98 Å². The van der Waals surface area contributed by atoms with Crippen LogP contribution in [0.25, 0.3) is 11.4 Å². The molecule has 3 aromatic rings. The Hall–Kier alpha value is -2.14. The zero-order valence-corrected chi connectivity index (χ0v) is 12.0. The van der Waals surface area contributed by atoms with Gasteiger partial charge in [0.1, 0.15) is 5.75 Å². The molecule has 0 fully saturated rings. The first kappa shape index (κ1) is 12.9. The number of aromatic nitrogens is 2. The third kappa shape index (κ3) is 2.72. The minimum absolute atomic E-state index is 0.244. The molecule has 0 amide bonds. The molecule has 100 valence electrons. The predicted molar refractivity (Wildman–Crippen MR) is 78.3 cm³/mol. The number of benzene rings is 2. The second-order valence-electron chi connectivity index (χ2n) is 4.33. The van der Waals surface area contributed by atoms with E-state index in [-0.39, 0.29) is 5.75 Å². The molecule has 20 heavy (non-hydrogen) atoms. The summed E-state index contributed by atoms with van der Waals surface area (Å²) < 4.78 is 6.19. The Bertz CT molecular complexity index is 723. The molecule has 1 N–H and O–H groups in total. The van der Waals surface area contributed by atoms with Crippen molar-refractivity contribution < 1.29 is 9.63 Å². The number of hydrogen-bond donors (Lipinski definition) is 1. The monoisotopic (exact) mass is 330 g/mol. The van der Waals surface area contributed by atoms with Gasteiger partial charge >= 0.3 is 0 Å². The lowest BCUT2D eigenvalue weighted by molar-refractivity contribution is 0.385. The minimum Gasteiger partial charge on any atom is -0.508 e. The van der Waals surface area contributed by atoms with Crippen molar-refractivity contribution in [3.63, 3.8) is 0 Å². The smallest absolute Gasteiger partial charge is 0.231 e. The SMILES string of the molecule is Oc1ccc(Cc2nc(-c3ccccc3Br)no2)cc1. The number of phenolic OH excluding ortho intramolecular Hbond substituents is 1. The standard InChI is InChI=1S/C15H11BrN2O2/c16-13-4-2-1-3-12(13)15-17-14(20-18-15)9-10-5-7-11(19)8-6-10/h1-8,19H,9H2. The number of hydrogen-bond acceptors (Lipinski definition) is 4. The molecule has 0 spiro atoms. The average molecular weight is 331 g/mol. The number of nitrogens with zero attached hydrogens (tertiary/aromatic N) is 2. The van der Waals surface area contributed by atoms with Gasteiger partial charge in [-0.25, -0.2) is 0 Å². The molecule has 1 aromatic heterocycles. The number of rotatable bonds is 3. The molecule has 0 bridgehead atoms. The zero-order chi connectivity index (χ0) is 13.9. The Labute approximate surface area is 124 Å². The van der Waals surface area contributed by atoms with Crippen molar-refractivity contribution in [2.24, 2.45) is 0 Å². The highest BCUT2D eigenvalue weighted by atomic mass is 79.9. The van der Waals surface area contributed by atoms with Crippen molar-refractivity contribution in [3.05, 3.63) is 64.5 Å². The lowest BCUT2D eigenvalue weighted by atomic mass is 10.1. The van der Waals surface area contributed by atoms with Crippen molar-refractivity contribution in [3.8, 4) is 17.1 Å². The van der Waals surface area contributed by atoms with Crippen molar-refractivity contribution >= 4 is 15.9 Å². The van der Waals surface area contributed by atoms with Crippen LogP contribution in [0.2, 0.25) is 0 Å². The van der Waals surface area contributed by atoms with Gasteiger partial charge in [-0.3, -0.25) is 0 Å². The minimum atomic E-state index is 0.244. The normalized spacial score (nSPS) is 10.7. The van der Waals surface area contributed by atoms with Crippen molar-refractivity contribution in [2.75, 3.05) is 0 Å². The van der Waals surface area contributed by atoms with Gasteiger partial charge in [-0.1, -0.05) is 45.4 Å². The summed E-state index contributed by atoms with van der Waals surface area (Å²) in [5.41, 5.74) is 1.90. The van der Waals surface area contributed by atoms with E-state index in [0.717, 1.165) is 15.6 Å². The summed E-state index contributed by atoms with van der Waals surface area (Å²) in [6.45, 7) is 0. The van der Waals surface area contributed by atoms with Gasteiger partial charge < -0.3 is 9.63 Å². The molecule has 0 atom stereocenters. The van der Waals surface area contributed by atoms with Gasteiger partial charge in [0.05, 0.1) is 6.42 Å². The van der Waals surface area contributed by atoms with Crippen molar-refractivity contribution in [1.82, 2.24) is 10.1 Å². The van der Waals surface area contributed by atoms with Gasteiger partial charge in [0.15, 0.2) is 0 Å². The van der Waals surface area contributed by atoms with E-state index in [9.17, 15) is 5.11 Å². The zero-order valence-electron chi connectivity index (χ0n) is 10.5. The summed E-state index contributed by atoms with van der Waals surface area (Å²) in [6, 6.07) is 14.7. The molecule has 0 aliphatic carbocycles. The Morgan fingerprint density at radius 2 is 1.80 bits per heavy atom. The van der Waals surface area contributed by atoms with E-state index in [4.69, 9.17) is 4.52 Å². The van der Waals surface area contributed by atoms with Gasteiger partial charge in [0, 0.05) is 10.0 Å². The Morgan fingerprint density at radius 3 is 2.55 bits per heavy atom. The quantitative estimate of drug-likeness (QED) is 0.793. The second kappa shape index (κ2) is 5.46. The van der Waals surface area contributed by atoms with Crippen LogP contribution in [0.15, 0.2) is 57.5 Å². The number of halogens is 1. The van der Waals surface area contributed by atoms with Gasteiger partial charge in [0.25, 0.3) is 0 Å². The van der Waals surface area contributed by atoms with Gasteiger partial charge in [-0.15, -0.1) is 0 Å². The predicted octanol–water partition coefficient (Wildman–Crippen LogP) is 3.80. The first-order chi connectivity index (χ1) is 9.72. The molecule has 0 aliphatic heterocycles. The molecule has 0 unspecified atom stereocenters. The molecule has 0 aliphatic rings. The van der Waals surface area contributed by atoms with E-state index in [1.807, 2.05) is 36.4 Å². The van der Waals surface area contributed by atoms with Gasteiger partial charge in [0.2, 0.25) is 11.7 Å². The van der Waals surface area contributed by atoms with E-state index in [2.05, 4.69) is 26.1 Å². The summed E-state index contributed by atoms with van der Waals surface area (Å²) in [5, 5.41) is 13.2. The highest BCUT2D eigenvalue weighted by Gasteiger charge is 2.11. The lowest BCUT2D eigenvalue weighted by Crippen LogP contribution is -1.88. The third-order valence-electron chi connectivity index (χ3n) is 2.87. The van der Waals surface area contributed by atoms with Crippen LogP contribution >= 0.6 is 15.9 Å². The molecule has 2 aromatic carbocycles. The van der Waals surface area contributed by atoms with E-state index < -0.39 is 0 Å².